The van der Waals surface area contributed by atoms with Gasteiger partial charge in [-0.2, -0.15) is 5.26 Å². The van der Waals surface area contributed by atoms with Crippen molar-refractivity contribution in [3.8, 4) is 6.07 Å². The molecule has 0 N–H and O–H groups in total. The van der Waals surface area contributed by atoms with Gasteiger partial charge in [0.05, 0.1) is 5.41 Å². The quantitative estimate of drug-likeness (QED) is 0.774. The largest absolute Gasteiger partial charge is 0.450 e. The molecular formula is C13H12ClNO2. The van der Waals surface area contributed by atoms with Crippen LogP contribution in [-0.4, -0.2) is 12.6 Å². The van der Waals surface area contributed by atoms with E-state index in [9.17, 15) is 4.79 Å². The zero-order chi connectivity index (χ0) is 12.3. The van der Waals surface area contributed by atoms with Gasteiger partial charge in [-0.15, -0.1) is 0 Å². The van der Waals surface area contributed by atoms with Crippen LogP contribution in [0.25, 0.3) is 0 Å². The van der Waals surface area contributed by atoms with Gasteiger partial charge < -0.3 is 4.74 Å². The van der Waals surface area contributed by atoms with Crippen LogP contribution >= 0.6 is 11.6 Å². The Bertz CT molecular complexity index is 457. The maximum Gasteiger partial charge on any atom is 0.317 e. The maximum absolute atomic E-state index is 12.0. The van der Waals surface area contributed by atoms with Crippen molar-refractivity contribution < 1.29 is 9.53 Å². The van der Waals surface area contributed by atoms with E-state index >= 15 is 0 Å². The molecule has 0 bridgehead atoms. The molecule has 4 heteroatoms. The molecule has 17 heavy (non-hydrogen) atoms. The molecule has 88 valence electrons. The summed E-state index contributed by atoms with van der Waals surface area (Å²) in [5.41, 5.74) is 0.373. The van der Waals surface area contributed by atoms with Gasteiger partial charge in [0.2, 0.25) is 0 Å². The summed E-state index contributed by atoms with van der Waals surface area (Å²) >= 11 is 5.83. The molecular weight excluding hydrogens is 238 g/mol. The fourth-order valence-electron chi connectivity index (χ4n) is 2.15. The zero-order valence-electron chi connectivity index (χ0n) is 9.28. The second-order valence-corrected chi connectivity index (χ2v) is 4.61. The Morgan fingerprint density at radius 3 is 2.53 bits per heavy atom. The zero-order valence-corrected chi connectivity index (χ0v) is 10.0. The van der Waals surface area contributed by atoms with Crippen molar-refractivity contribution in [3.05, 3.63) is 34.9 Å². The van der Waals surface area contributed by atoms with Crippen LogP contribution in [0.1, 0.15) is 24.8 Å². The number of halogens is 1. The van der Waals surface area contributed by atoms with Crippen LogP contribution in [0.3, 0.4) is 0 Å². The number of nitrogens with zero attached hydrogens (tertiary/aromatic N) is 1. The normalized spacial score (nSPS) is 16.7. The third-order valence-corrected chi connectivity index (χ3v) is 3.51. The fraction of sp³-hybridized carbons (Fsp3) is 0.385. The molecule has 0 unspecified atom stereocenters. The summed E-state index contributed by atoms with van der Waals surface area (Å²) in [5.74, 6) is -0.298. The van der Waals surface area contributed by atoms with E-state index in [4.69, 9.17) is 21.6 Å². The molecule has 1 fully saturated rings. The molecule has 0 saturated heterocycles. The SMILES string of the molecule is N#CCOC(=O)C1(c2ccc(Cl)cc2)CCC1. The third-order valence-electron chi connectivity index (χ3n) is 3.26. The van der Waals surface area contributed by atoms with Gasteiger partial charge in [-0.05, 0) is 30.5 Å². The van der Waals surface area contributed by atoms with Crippen LogP contribution in [0.5, 0.6) is 0 Å². The molecule has 0 aliphatic heterocycles. The lowest BCUT2D eigenvalue weighted by molar-refractivity contribution is -0.153. The van der Waals surface area contributed by atoms with E-state index in [1.54, 1.807) is 12.1 Å². The van der Waals surface area contributed by atoms with Crippen LogP contribution in [0.4, 0.5) is 0 Å². The average molecular weight is 250 g/mol. The van der Waals surface area contributed by atoms with E-state index in [0.29, 0.717) is 5.02 Å². The molecule has 2 rings (SSSR count). The second-order valence-electron chi connectivity index (χ2n) is 4.18. The number of esters is 1. The van der Waals surface area contributed by atoms with E-state index in [1.807, 2.05) is 18.2 Å². The van der Waals surface area contributed by atoms with Crippen LogP contribution in [0.15, 0.2) is 24.3 Å². The molecule has 0 spiro atoms. The summed E-state index contributed by atoms with van der Waals surface area (Å²) in [6.45, 7) is -0.186. The van der Waals surface area contributed by atoms with E-state index < -0.39 is 5.41 Å². The highest BCUT2D eigenvalue weighted by atomic mass is 35.5. The Morgan fingerprint density at radius 1 is 1.41 bits per heavy atom. The summed E-state index contributed by atoms with van der Waals surface area (Å²) in [6.07, 6.45) is 2.56. The Hall–Kier alpha value is -1.53. The van der Waals surface area contributed by atoms with Gasteiger partial charge in [-0.25, -0.2) is 0 Å². The first-order valence-electron chi connectivity index (χ1n) is 5.49. The molecule has 0 heterocycles. The number of benzene rings is 1. The van der Waals surface area contributed by atoms with Gasteiger partial charge in [0.25, 0.3) is 0 Å². The maximum atomic E-state index is 12.0. The first kappa shape index (κ1) is 11.9. The van der Waals surface area contributed by atoms with E-state index in [2.05, 4.69) is 0 Å². The first-order chi connectivity index (χ1) is 8.19. The summed E-state index contributed by atoms with van der Waals surface area (Å²) in [7, 11) is 0. The Kier molecular flexibility index (Phi) is 3.35. The van der Waals surface area contributed by atoms with Gasteiger partial charge in [0.15, 0.2) is 6.61 Å². The first-order valence-corrected chi connectivity index (χ1v) is 5.87. The lowest BCUT2D eigenvalue weighted by Crippen LogP contribution is -2.43. The number of hydrogen-bond donors (Lipinski definition) is 0. The molecule has 1 aromatic carbocycles. The number of ether oxygens (including phenoxy) is 1. The van der Waals surface area contributed by atoms with E-state index in [-0.39, 0.29) is 12.6 Å². The topological polar surface area (TPSA) is 50.1 Å². The molecule has 0 aromatic heterocycles. The third kappa shape index (κ3) is 2.13. The number of hydrogen-bond acceptors (Lipinski definition) is 3. The van der Waals surface area contributed by atoms with Gasteiger partial charge in [0.1, 0.15) is 6.07 Å². The van der Waals surface area contributed by atoms with Crippen LogP contribution in [0, 0.1) is 11.3 Å². The second kappa shape index (κ2) is 4.77. The Labute approximate surface area is 105 Å². The van der Waals surface area contributed by atoms with Gasteiger partial charge in [0, 0.05) is 5.02 Å². The number of rotatable bonds is 3. The predicted octanol–water partition coefficient (Wildman–Crippen LogP) is 2.83. The van der Waals surface area contributed by atoms with Crippen molar-refractivity contribution in [2.75, 3.05) is 6.61 Å². The van der Waals surface area contributed by atoms with Gasteiger partial charge >= 0.3 is 5.97 Å². The van der Waals surface area contributed by atoms with E-state index in [0.717, 1.165) is 24.8 Å². The van der Waals surface area contributed by atoms with Crippen LogP contribution in [0.2, 0.25) is 5.02 Å². The highest BCUT2D eigenvalue weighted by Gasteiger charge is 2.47. The summed E-state index contributed by atoms with van der Waals surface area (Å²) in [5, 5.41) is 9.08. The number of carbonyl (C=O) groups is 1. The Morgan fingerprint density at radius 2 is 2.06 bits per heavy atom. The molecule has 3 nitrogen and oxygen atoms in total. The van der Waals surface area contributed by atoms with Crippen molar-refractivity contribution in [2.45, 2.75) is 24.7 Å². The van der Waals surface area contributed by atoms with Crippen LogP contribution < -0.4 is 0 Å². The molecule has 1 aromatic rings. The standard InChI is InChI=1S/C13H12ClNO2/c14-11-4-2-10(3-5-11)13(6-1-7-13)12(16)17-9-8-15/h2-5H,1,6-7,9H2. The van der Waals surface area contributed by atoms with E-state index in [1.165, 1.54) is 0 Å². The van der Waals surface area contributed by atoms with Crippen molar-refractivity contribution in [2.24, 2.45) is 0 Å². The molecule has 0 atom stereocenters. The average Bonchev–Trinajstić information content (AvgIpc) is 2.27. The lowest BCUT2D eigenvalue weighted by atomic mass is 9.64. The lowest BCUT2D eigenvalue weighted by Gasteiger charge is -2.39. The van der Waals surface area contributed by atoms with Crippen molar-refractivity contribution in [1.29, 1.82) is 5.26 Å². The van der Waals surface area contributed by atoms with Crippen molar-refractivity contribution >= 4 is 17.6 Å². The summed E-state index contributed by atoms with van der Waals surface area (Å²) in [6, 6.07) is 9.07. The van der Waals surface area contributed by atoms with Crippen molar-refractivity contribution in [3.63, 3.8) is 0 Å². The minimum absolute atomic E-state index is 0.186. The minimum atomic E-state index is -0.554. The Balaban J connectivity index is 2.22. The van der Waals surface area contributed by atoms with Gasteiger partial charge in [-0.1, -0.05) is 30.2 Å². The molecule has 0 amide bonds. The number of nitriles is 1. The monoisotopic (exact) mass is 249 g/mol. The summed E-state index contributed by atoms with van der Waals surface area (Å²) < 4.78 is 4.95. The van der Waals surface area contributed by atoms with Crippen molar-refractivity contribution in [1.82, 2.24) is 0 Å². The smallest absolute Gasteiger partial charge is 0.317 e. The molecule has 1 aliphatic carbocycles. The molecule has 0 radical (unpaired) electrons. The highest BCUT2D eigenvalue weighted by Crippen LogP contribution is 2.44. The van der Waals surface area contributed by atoms with Gasteiger partial charge in [-0.3, -0.25) is 4.79 Å². The predicted molar refractivity (Wildman–Crippen MR) is 63.6 cm³/mol. The molecule has 1 saturated carbocycles. The number of carbonyl (C=O) groups excluding carboxylic acids is 1. The summed E-state index contributed by atoms with van der Waals surface area (Å²) in [4.78, 5) is 12.0. The highest BCUT2D eigenvalue weighted by molar-refractivity contribution is 6.30. The fourth-order valence-corrected chi connectivity index (χ4v) is 2.27. The molecule has 1 aliphatic rings. The van der Waals surface area contributed by atoms with Crippen LogP contribution in [-0.2, 0) is 14.9 Å². The minimum Gasteiger partial charge on any atom is -0.450 e.